The smallest absolute Gasteiger partial charge is 0.409 e. The van der Waals surface area contributed by atoms with E-state index in [0.29, 0.717) is 38.3 Å². The van der Waals surface area contributed by atoms with E-state index in [4.69, 9.17) is 15.5 Å². The average molecular weight is 643 g/mol. The summed E-state index contributed by atoms with van der Waals surface area (Å²) >= 11 is 0. The Hall–Kier alpha value is -4.06. The van der Waals surface area contributed by atoms with Crippen LogP contribution < -0.4 is 11.1 Å². The first-order valence-electron chi connectivity index (χ1n) is 15.8. The minimum absolute atomic E-state index is 0.00420. The van der Waals surface area contributed by atoms with Crippen molar-refractivity contribution in [1.29, 1.82) is 0 Å². The zero-order valence-corrected chi connectivity index (χ0v) is 27.0. The molecule has 0 aliphatic carbocycles. The van der Waals surface area contributed by atoms with Crippen LogP contribution in [0.15, 0.2) is 54.7 Å². The molecule has 12 heteroatoms. The third kappa shape index (κ3) is 8.80. The van der Waals surface area contributed by atoms with E-state index in [1.54, 1.807) is 22.9 Å². The van der Waals surface area contributed by atoms with Gasteiger partial charge in [-0.05, 0) is 55.4 Å². The van der Waals surface area contributed by atoms with E-state index in [1.807, 2.05) is 55.7 Å². The molecule has 0 bridgehead atoms. The topological polar surface area (TPSA) is 106 Å². The molecule has 1 aromatic heterocycles. The minimum atomic E-state index is -0.773. The molecule has 0 saturated carbocycles. The fraction of sp³-hybridized carbons (Fsp3) is 0.500. The fourth-order valence-electron chi connectivity index (χ4n) is 5.78. The number of hydrogen-bond donors (Lipinski definition) is 2. The third-order valence-electron chi connectivity index (χ3n) is 8.13. The molecule has 1 aliphatic rings. The van der Waals surface area contributed by atoms with E-state index in [1.165, 1.54) is 0 Å². The quantitative estimate of drug-likeness (QED) is 0.256. The highest BCUT2D eigenvalue weighted by atomic mass is 19.1. The first-order chi connectivity index (χ1) is 21.9. The zero-order chi connectivity index (χ0) is 33.4. The molecule has 1 fully saturated rings. The summed E-state index contributed by atoms with van der Waals surface area (Å²) in [5, 5.41) is 3.13. The summed E-state index contributed by atoms with van der Waals surface area (Å²) in [6.07, 6.45) is 2.57. The molecular formula is C34H45F3N6O3. The predicted molar refractivity (Wildman–Crippen MR) is 171 cm³/mol. The maximum Gasteiger partial charge on any atom is 0.409 e. The Morgan fingerprint density at radius 3 is 2.46 bits per heavy atom. The van der Waals surface area contributed by atoms with Crippen LogP contribution in [0.4, 0.5) is 22.8 Å². The van der Waals surface area contributed by atoms with Crippen molar-refractivity contribution < 1.29 is 27.5 Å². The number of hydrogen-bond acceptors (Lipinski definition) is 5. The number of piperidine rings is 1. The predicted octanol–water partition coefficient (Wildman–Crippen LogP) is 6.28. The lowest BCUT2D eigenvalue weighted by molar-refractivity contribution is 0.0889. The number of aromatic nitrogens is 2. The second-order valence-electron chi connectivity index (χ2n) is 12.8. The van der Waals surface area contributed by atoms with Gasteiger partial charge in [-0.15, -0.1) is 0 Å². The summed E-state index contributed by atoms with van der Waals surface area (Å²) < 4.78 is 49.8. The summed E-state index contributed by atoms with van der Waals surface area (Å²) in [6.45, 7) is 8.55. The van der Waals surface area contributed by atoms with Crippen molar-refractivity contribution >= 4 is 12.1 Å². The van der Waals surface area contributed by atoms with Gasteiger partial charge in [0.05, 0.1) is 18.3 Å². The van der Waals surface area contributed by atoms with Gasteiger partial charge < -0.3 is 30.2 Å². The number of nitrogens with two attached hydrogens (primary N) is 1. The van der Waals surface area contributed by atoms with Crippen LogP contribution in [-0.2, 0) is 11.3 Å². The molecule has 250 valence electrons. The SMILES string of the molecule is CCOC(=O)N1CCC(NC(=O)N(CCC(N)CF)[C@@H](c2nc(-c3cc(F)ccc3F)cn2Cc2ccccc2)C(C)(C)C)CC1. The van der Waals surface area contributed by atoms with Crippen LogP contribution in [0, 0.1) is 17.0 Å². The van der Waals surface area contributed by atoms with Crippen molar-refractivity contribution in [2.45, 2.75) is 71.6 Å². The van der Waals surface area contributed by atoms with E-state index in [-0.39, 0.29) is 49.0 Å². The van der Waals surface area contributed by atoms with Gasteiger partial charge >= 0.3 is 12.1 Å². The first-order valence-corrected chi connectivity index (χ1v) is 15.8. The van der Waals surface area contributed by atoms with Crippen LogP contribution in [0.3, 0.4) is 0 Å². The summed E-state index contributed by atoms with van der Waals surface area (Å²) in [5.74, 6) is -0.753. The summed E-state index contributed by atoms with van der Waals surface area (Å²) in [6, 6.07) is 10.8. The normalized spacial score (nSPS) is 15.3. The fourth-order valence-corrected chi connectivity index (χ4v) is 5.78. The molecule has 4 rings (SSSR count). The van der Waals surface area contributed by atoms with Crippen molar-refractivity contribution in [2.24, 2.45) is 11.1 Å². The van der Waals surface area contributed by atoms with Gasteiger partial charge in [0.15, 0.2) is 0 Å². The number of ether oxygens (including phenoxy) is 1. The molecular weight excluding hydrogens is 597 g/mol. The Bertz CT molecular complexity index is 1450. The maximum absolute atomic E-state index is 15.0. The lowest BCUT2D eigenvalue weighted by Crippen LogP contribution is -2.53. The number of imidazole rings is 1. The van der Waals surface area contributed by atoms with Gasteiger partial charge in [-0.3, -0.25) is 0 Å². The highest BCUT2D eigenvalue weighted by Crippen LogP contribution is 2.39. The highest BCUT2D eigenvalue weighted by molar-refractivity contribution is 5.75. The Balaban J connectivity index is 1.73. The van der Waals surface area contributed by atoms with Crippen LogP contribution in [0.5, 0.6) is 0 Å². The number of carbonyl (C=O) groups is 2. The van der Waals surface area contributed by atoms with Crippen LogP contribution in [-0.4, -0.2) is 76.5 Å². The standard InChI is InChI=1S/C34H45F3N6O3/c1-5-46-33(45)41-16-14-26(15-17-41)39-32(44)43(18-13-25(38)20-35)30(34(2,3)4)31-40-29(27-19-24(36)11-12-28(27)37)22-42(31)21-23-9-7-6-8-10-23/h6-12,19,22,25-26,30H,5,13-18,20-21,38H2,1-4H3,(H,39,44)/t25?,30-/m0/s1. The number of nitrogens with one attached hydrogen (secondary N) is 1. The number of carbonyl (C=O) groups excluding carboxylic acids is 2. The number of likely N-dealkylation sites (tertiary alicyclic amines) is 1. The molecule has 3 aromatic rings. The minimum Gasteiger partial charge on any atom is -0.450 e. The van der Waals surface area contributed by atoms with Gasteiger partial charge in [0.2, 0.25) is 0 Å². The van der Waals surface area contributed by atoms with Gasteiger partial charge in [0.1, 0.15) is 24.1 Å². The van der Waals surface area contributed by atoms with Crippen LogP contribution in [0.25, 0.3) is 11.3 Å². The largest absolute Gasteiger partial charge is 0.450 e. The lowest BCUT2D eigenvalue weighted by Gasteiger charge is -2.41. The molecule has 3 amide bonds. The van der Waals surface area contributed by atoms with Gasteiger partial charge in [0.25, 0.3) is 0 Å². The van der Waals surface area contributed by atoms with E-state index in [2.05, 4.69) is 5.32 Å². The number of rotatable bonds is 11. The van der Waals surface area contributed by atoms with Crippen molar-refractivity contribution in [2.75, 3.05) is 32.9 Å². The van der Waals surface area contributed by atoms with E-state index < -0.39 is 35.8 Å². The molecule has 0 radical (unpaired) electrons. The van der Waals surface area contributed by atoms with E-state index >= 15 is 4.39 Å². The van der Waals surface area contributed by atoms with Crippen LogP contribution in [0.1, 0.15) is 64.4 Å². The maximum atomic E-state index is 15.0. The molecule has 2 heterocycles. The van der Waals surface area contributed by atoms with Crippen LogP contribution >= 0.6 is 0 Å². The molecule has 46 heavy (non-hydrogen) atoms. The Morgan fingerprint density at radius 1 is 1.13 bits per heavy atom. The van der Waals surface area contributed by atoms with Crippen molar-refractivity contribution in [3.63, 3.8) is 0 Å². The zero-order valence-electron chi connectivity index (χ0n) is 27.0. The molecule has 0 spiro atoms. The highest BCUT2D eigenvalue weighted by Gasteiger charge is 2.39. The number of amides is 3. The number of urea groups is 1. The lowest BCUT2D eigenvalue weighted by atomic mass is 9.84. The van der Waals surface area contributed by atoms with Gasteiger partial charge in [0, 0.05) is 50.0 Å². The molecule has 1 unspecified atom stereocenters. The van der Waals surface area contributed by atoms with Gasteiger partial charge in [-0.2, -0.15) is 0 Å². The van der Waals surface area contributed by atoms with Crippen LogP contribution in [0.2, 0.25) is 0 Å². The number of alkyl halides is 1. The Labute approximate surface area is 268 Å². The summed E-state index contributed by atoms with van der Waals surface area (Å²) in [7, 11) is 0. The van der Waals surface area contributed by atoms with E-state index in [9.17, 15) is 18.4 Å². The first kappa shape index (κ1) is 34.8. The van der Waals surface area contributed by atoms with Gasteiger partial charge in [-0.25, -0.2) is 27.7 Å². The third-order valence-corrected chi connectivity index (χ3v) is 8.13. The van der Waals surface area contributed by atoms with Crippen molar-refractivity contribution in [3.8, 4) is 11.3 Å². The monoisotopic (exact) mass is 642 g/mol. The second-order valence-corrected chi connectivity index (χ2v) is 12.8. The molecule has 2 atom stereocenters. The number of nitrogens with zero attached hydrogens (tertiary/aromatic N) is 4. The molecule has 9 nitrogen and oxygen atoms in total. The average Bonchev–Trinajstić information content (AvgIpc) is 3.42. The molecule has 3 N–H and O–H groups in total. The molecule has 1 saturated heterocycles. The number of benzene rings is 2. The summed E-state index contributed by atoms with van der Waals surface area (Å²) in [5.41, 5.74) is 6.55. The second kappa shape index (κ2) is 15.5. The Morgan fingerprint density at radius 2 is 1.83 bits per heavy atom. The molecule has 2 aromatic carbocycles. The van der Waals surface area contributed by atoms with Crippen molar-refractivity contribution in [3.05, 3.63) is 77.8 Å². The summed E-state index contributed by atoms with van der Waals surface area (Å²) in [4.78, 5) is 34.5. The van der Waals surface area contributed by atoms with Gasteiger partial charge in [-0.1, -0.05) is 51.1 Å². The van der Waals surface area contributed by atoms with E-state index in [0.717, 1.165) is 23.8 Å². The molecule has 1 aliphatic heterocycles. The Kier molecular flexibility index (Phi) is 11.7. The number of halogens is 3. The van der Waals surface area contributed by atoms with Crippen molar-refractivity contribution in [1.82, 2.24) is 24.7 Å².